The van der Waals surface area contributed by atoms with Crippen molar-refractivity contribution in [3.05, 3.63) is 47.5 Å². The summed E-state index contributed by atoms with van der Waals surface area (Å²) >= 11 is 0. The summed E-state index contributed by atoms with van der Waals surface area (Å²) in [6, 6.07) is 11.7. The molecule has 0 saturated heterocycles. The monoisotopic (exact) mass is 552 g/mol. The zero-order valence-electron chi connectivity index (χ0n) is 20.1. The van der Waals surface area contributed by atoms with Crippen LogP contribution in [0.25, 0.3) is 11.1 Å². The van der Waals surface area contributed by atoms with Crippen LogP contribution in [0.2, 0.25) is 0 Å². The van der Waals surface area contributed by atoms with Gasteiger partial charge in [-0.3, -0.25) is 4.79 Å². The minimum atomic E-state index is 0. The van der Waals surface area contributed by atoms with Crippen molar-refractivity contribution in [3.63, 3.8) is 0 Å². The summed E-state index contributed by atoms with van der Waals surface area (Å²) in [4.78, 5) is 15.4. The average molecular weight is 552 g/mol. The van der Waals surface area contributed by atoms with Crippen molar-refractivity contribution in [2.75, 3.05) is 59.5 Å². The first-order valence-electron chi connectivity index (χ1n) is 11.6. The third-order valence-electron chi connectivity index (χ3n) is 6.76. The number of carbonyl (C=O) groups is 1. The zero-order chi connectivity index (χ0) is 22.4. The maximum Gasteiger partial charge on any atom is 0.194 e. The van der Waals surface area contributed by atoms with Crippen LogP contribution in [0.1, 0.15) is 43.6 Å². The molecular weight excluding hydrogens is 515 g/mol. The number of halogens is 1. The second-order valence-corrected chi connectivity index (χ2v) is 8.44. The molecule has 0 unspecified atom stereocenters. The van der Waals surface area contributed by atoms with E-state index in [-0.39, 0.29) is 29.8 Å². The minimum Gasteiger partial charge on any atom is -1.00 e. The molecule has 0 heterocycles. The van der Waals surface area contributed by atoms with Crippen LogP contribution >= 0.6 is 0 Å². The molecule has 2 aromatic carbocycles. The van der Waals surface area contributed by atoms with E-state index < -0.39 is 0 Å². The van der Waals surface area contributed by atoms with Crippen molar-refractivity contribution in [2.45, 2.75) is 27.7 Å². The molecule has 3 rings (SSSR count). The maximum atomic E-state index is 13.1. The Bertz CT molecular complexity index is 908. The second kappa shape index (κ2) is 12.0. The summed E-state index contributed by atoms with van der Waals surface area (Å²) in [7, 11) is 2.24. The first-order chi connectivity index (χ1) is 14.9. The van der Waals surface area contributed by atoms with Gasteiger partial charge in [0.1, 0.15) is 31.3 Å². The fourth-order valence-corrected chi connectivity index (χ4v) is 3.97. The van der Waals surface area contributed by atoms with E-state index in [1.54, 1.807) is 0 Å². The number of ketones is 1. The van der Waals surface area contributed by atoms with Crippen molar-refractivity contribution in [1.82, 2.24) is 4.90 Å². The van der Waals surface area contributed by atoms with E-state index in [2.05, 4.69) is 39.6 Å². The van der Waals surface area contributed by atoms with Crippen LogP contribution in [0, 0.1) is 0 Å². The Morgan fingerprint density at radius 2 is 1.28 bits per heavy atom. The molecule has 0 spiro atoms. The molecule has 1 aliphatic carbocycles. The fraction of sp³-hybridized carbons (Fsp3) is 0.500. The summed E-state index contributed by atoms with van der Waals surface area (Å²) in [6.07, 6.45) is 0. The van der Waals surface area contributed by atoms with Gasteiger partial charge < -0.3 is 42.8 Å². The third-order valence-corrected chi connectivity index (χ3v) is 6.76. The van der Waals surface area contributed by atoms with Crippen LogP contribution in [-0.4, -0.2) is 74.7 Å². The Labute approximate surface area is 210 Å². The lowest BCUT2D eigenvalue weighted by atomic mass is 10.1. The highest BCUT2D eigenvalue weighted by atomic mass is 127. The lowest BCUT2D eigenvalue weighted by Crippen LogP contribution is -3.00. The molecule has 1 aliphatic rings. The highest BCUT2D eigenvalue weighted by molar-refractivity contribution is 6.22. The number of carbonyl (C=O) groups excluding carboxylic acids is 1. The normalized spacial score (nSPS) is 12.4. The molecule has 0 aromatic heterocycles. The van der Waals surface area contributed by atoms with Crippen molar-refractivity contribution in [1.29, 1.82) is 0 Å². The lowest BCUT2D eigenvalue weighted by molar-refractivity contribution is -0.906. The summed E-state index contributed by atoms with van der Waals surface area (Å²) in [5, 5.41) is 0. The summed E-state index contributed by atoms with van der Waals surface area (Å²) in [5.74, 6) is 1.56. The van der Waals surface area contributed by atoms with Crippen LogP contribution in [0.15, 0.2) is 36.4 Å². The molecule has 0 bridgehead atoms. The van der Waals surface area contributed by atoms with E-state index in [0.29, 0.717) is 18.8 Å². The van der Waals surface area contributed by atoms with Gasteiger partial charge in [-0.1, -0.05) is 13.8 Å². The van der Waals surface area contributed by atoms with Gasteiger partial charge in [-0.25, -0.2) is 0 Å². The molecule has 2 aromatic rings. The number of hydrogen-bond acceptors (Lipinski definition) is 4. The smallest absolute Gasteiger partial charge is 0.194 e. The van der Waals surface area contributed by atoms with E-state index in [1.807, 2.05) is 36.4 Å². The average Bonchev–Trinajstić information content (AvgIpc) is 3.07. The van der Waals surface area contributed by atoms with E-state index in [9.17, 15) is 4.79 Å². The Morgan fingerprint density at radius 1 is 0.781 bits per heavy atom. The molecule has 0 aliphatic heterocycles. The van der Waals surface area contributed by atoms with Crippen LogP contribution in [0.4, 0.5) is 0 Å². The standard InChI is InChI=1S/C26H37N2O3.HI/c1-6-27(7-2)14-16-30-20-10-12-22-23-13-11-21(19-25(23)26(29)24(22)18-20)31-17-15-28(5,8-3)9-4;/h10-13,18-19H,6-9,14-17H2,1-5H3;1H/q+1;/p-1. The van der Waals surface area contributed by atoms with Gasteiger partial charge in [-0.15, -0.1) is 0 Å². The molecular formula is C26H37IN2O3. The number of fused-ring (bicyclic) bond motifs is 3. The number of quaternary nitrogens is 1. The molecule has 176 valence electrons. The zero-order valence-corrected chi connectivity index (χ0v) is 22.3. The van der Waals surface area contributed by atoms with E-state index in [4.69, 9.17) is 9.47 Å². The quantitative estimate of drug-likeness (QED) is 0.252. The number of hydrogen-bond donors (Lipinski definition) is 0. The predicted octanol–water partition coefficient (Wildman–Crippen LogP) is 1.49. The van der Waals surface area contributed by atoms with Crippen LogP contribution in [0.3, 0.4) is 0 Å². The van der Waals surface area contributed by atoms with Gasteiger partial charge in [0.25, 0.3) is 0 Å². The number of ether oxygens (including phenoxy) is 2. The lowest BCUT2D eigenvalue weighted by Gasteiger charge is -2.31. The SMILES string of the molecule is CCN(CC)CCOc1ccc2c(c1)C(=O)c1cc(OCC[N+](C)(CC)CC)ccc1-2.[I-]. The van der Waals surface area contributed by atoms with Gasteiger partial charge in [0, 0.05) is 17.7 Å². The minimum absolute atomic E-state index is 0. The summed E-state index contributed by atoms with van der Waals surface area (Å²) in [6.45, 7) is 16.0. The molecule has 0 N–H and O–H groups in total. The van der Waals surface area contributed by atoms with Crippen molar-refractivity contribution < 1.29 is 42.7 Å². The van der Waals surface area contributed by atoms with Crippen molar-refractivity contribution in [3.8, 4) is 22.6 Å². The molecule has 0 fully saturated rings. The summed E-state index contributed by atoms with van der Waals surface area (Å²) < 4.78 is 12.9. The molecule has 0 amide bonds. The molecule has 32 heavy (non-hydrogen) atoms. The molecule has 5 nitrogen and oxygen atoms in total. The second-order valence-electron chi connectivity index (χ2n) is 8.44. The largest absolute Gasteiger partial charge is 1.00 e. The predicted molar refractivity (Wildman–Crippen MR) is 126 cm³/mol. The Kier molecular flexibility index (Phi) is 9.98. The van der Waals surface area contributed by atoms with E-state index in [1.165, 1.54) is 0 Å². The number of nitrogens with zero attached hydrogens (tertiary/aromatic N) is 2. The number of benzene rings is 2. The van der Waals surface area contributed by atoms with E-state index in [0.717, 1.165) is 71.9 Å². The third kappa shape index (κ3) is 6.02. The molecule has 0 atom stereocenters. The molecule has 0 radical (unpaired) electrons. The van der Waals surface area contributed by atoms with Gasteiger partial charge in [-0.2, -0.15) is 0 Å². The number of likely N-dealkylation sites (N-methyl/N-ethyl adjacent to an activating group) is 2. The van der Waals surface area contributed by atoms with Crippen LogP contribution in [-0.2, 0) is 0 Å². The van der Waals surface area contributed by atoms with Gasteiger partial charge in [0.2, 0.25) is 0 Å². The highest BCUT2D eigenvalue weighted by Gasteiger charge is 2.28. The molecule has 6 heteroatoms. The summed E-state index contributed by atoms with van der Waals surface area (Å²) in [5.41, 5.74) is 3.39. The Morgan fingerprint density at radius 3 is 1.75 bits per heavy atom. The van der Waals surface area contributed by atoms with Crippen molar-refractivity contribution >= 4 is 5.78 Å². The van der Waals surface area contributed by atoms with Gasteiger partial charge >= 0.3 is 0 Å². The first kappa shape index (κ1) is 26.6. The van der Waals surface area contributed by atoms with Gasteiger partial charge in [0.15, 0.2) is 5.78 Å². The van der Waals surface area contributed by atoms with Crippen molar-refractivity contribution in [2.24, 2.45) is 0 Å². The van der Waals surface area contributed by atoms with Gasteiger partial charge in [0.05, 0.1) is 20.1 Å². The maximum absolute atomic E-state index is 13.1. The first-order valence-corrected chi connectivity index (χ1v) is 11.6. The van der Waals surface area contributed by atoms with E-state index >= 15 is 0 Å². The van der Waals surface area contributed by atoms with Crippen LogP contribution < -0.4 is 33.5 Å². The highest BCUT2D eigenvalue weighted by Crippen LogP contribution is 2.39. The topological polar surface area (TPSA) is 38.8 Å². The number of rotatable bonds is 12. The fourth-order valence-electron chi connectivity index (χ4n) is 3.97. The van der Waals surface area contributed by atoms with Gasteiger partial charge in [-0.05, 0) is 74.5 Å². The molecule has 0 saturated carbocycles. The Hall–Kier alpha value is -1.64. The Balaban J connectivity index is 0.00000363. The van der Waals surface area contributed by atoms with Crippen LogP contribution in [0.5, 0.6) is 11.5 Å².